The van der Waals surface area contributed by atoms with Gasteiger partial charge in [-0.15, -0.1) is 11.8 Å². The molecule has 1 unspecified atom stereocenters. The Morgan fingerprint density at radius 2 is 1.33 bits per heavy atom. The van der Waals surface area contributed by atoms with E-state index in [1.165, 1.54) is 22.3 Å². The fraction of sp³-hybridized carbons (Fsp3) is 0.188. The Morgan fingerprint density at radius 3 is 1.83 bits per heavy atom. The lowest BCUT2D eigenvalue weighted by Crippen LogP contribution is -2.30. The zero-order valence-electron chi connectivity index (χ0n) is 9.71. The summed E-state index contributed by atoms with van der Waals surface area (Å²) >= 11 is 1.81. The summed E-state index contributed by atoms with van der Waals surface area (Å²) in [6, 6.07) is 19.7. The third kappa shape index (κ3) is 1.18. The molecule has 2 heteroatoms. The number of thioether (sulfide) groups is 1. The number of rotatable bonds is 0. The van der Waals surface area contributed by atoms with E-state index in [0.29, 0.717) is 5.25 Å². The molecule has 0 saturated carbocycles. The van der Waals surface area contributed by atoms with E-state index in [9.17, 15) is 5.26 Å². The third-order valence-corrected chi connectivity index (χ3v) is 5.39. The molecule has 3 aliphatic rings. The second kappa shape index (κ2) is 3.63. The molecule has 2 bridgehead atoms. The quantitative estimate of drug-likeness (QED) is 0.708. The summed E-state index contributed by atoms with van der Waals surface area (Å²) in [5.74, 6) is 0.248. The molecule has 18 heavy (non-hydrogen) atoms. The maximum absolute atomic E-state index is 9.39. The molecule has 2 aliphatic heterocycles. The molecule has 2 heterocycles. The Balaban J connectivity index is 2.04. The van der Waals surface area contributed by atoms with Crippen LogP contribution in [0.4, 0.5) is 0 Å². The van der Waals surface area contributed by atoms with Crippen molar-refractivity contribution in [1.29, 1.82) is 5.26 Å². The Kier molecular flexibility index (Phi) is 2.06. The number of hydrogen-bond acceptors (Lipinski definition) is 2. The van der Waals surface area contributed by atoms with Gasteiger partial charge in [0.05, 0.1) is 11.3 Å². The zero-order valence-corrected chi connectivity index (χ0v) is 10.5. The average Bonchev–Trinajstić information content (AvgIpc) is 2.47. The molecule has 0 spiro atoms. The lowest BCUT2D eigenvalue weighted by atomic mass is 9.75. The van der Waals surface area contributed by atoms with Crippen molar-refractivity contribution in [2.45, 2.75) is 16.4 Å². The number of nitriles is 1. The van der Waals surface area contributed by atoms with Crippen LogP contribution in [0.1, 0.15) is 33.4 Å². The van der Waals surface area contributed by atoms with E-state index < -0.39 is 0 Å². The molecule has 0 amide bonds. The maximum atomic E-state index is 9.39. The SMILES string of the molecule is N#CC1SC2c3ccccc3C1c1ccccc12. The number of hydrogen-bond donors (Lipinski definition) is 0. The van der Waals surface area contributed by atoms with Crippen molar-refractivity contribution in [3.05, 3.63) is 70.8 Å². The Bertz CT molecular complexity index is 623. The Morgan fingerprint density at radius 1 is 0.833 bits per heavy atom. The molecule has 0 aromatic heterocycles. The van der Waals surface area contributed by atoms with Gasteiger partial charge in [-0.05, 0) is 22.3 Å². The van der Waals surface area contributed by atoms with Crippen LogP contribution >= 0.6 is 11.8 Å². The van der Waals surface area contributed by atoms with Crippen LogP contribution in [0.3, 0.4) is 0 Å². The predicted molar refractivity (Wildman–Crippen MR) is 73.6 cm³/mol. The van der Waals surface area contributed by atoms with Gasteiger partial charge in [-0.2, -0.15) is 5.26 Å². The molecule has 1 aliphatic carbocycles. The fourth-order valence-corrected chi connectivity index (χ4v) is 4.73. The molecule has 5 rings (SSSR count). The summed E-state index contributed by atoms with van der Waals surface area (Å²) in [6.07, 6.45) is 0. The minimum Gasteiger partial charge on any atom is -0.197 e. The van der Waals surface area contributed by atoms with Crippen molar-refractivity contribution < 1.29 is 0 Å². The molecule has 0 N–H and O–H groups in total. The first-order chi connectivity index (χ1) is 8.90. The summed E-state index contributed by atoms with van der Waals surface area (Å²) < 4.78 is 0. The first-order valence-corrected chi connectivity index (χ1v) is 7.07. The Labute approximate surface area is 110 Å². The highest BCUT2D eigenvalue weighted by Crippen LogP contribution is 2.58. The highest BCUT2D eigenvalue weighted by Gasteiger charge is 2.43. The first-order valence-electron chi connectivity index (χ1n) is 6.13. The third-order valence-electron chi connectivity index (χ3n) is 3.94. The van der Waals surface area contributed by atoms with Gasteiger partial charge >= 0.3 is 0 Å². The average molecular weight is 249 g/mol. The van der Waals surface area contributed by atoms with Crippen LogP contribution in [0, 0.1) is 11.3 Å². The van der Waals surface area contributed by atoms with Crippen molar-refractivity contribution in [3.63, 3.8) is 0 Å². The highest BCUT2D eigenvalue weighted by atomic mass is 32.2. The molecule has 86 valence electrons. The molecule has 0 saturated heterocycles. The van der Waals surface area contributed by atoms with Gasteiger partial charge in [-0.1, -0.05) is 48.5 Å². The normalized spacial score (nSPS) is 27.2. The van der Waals surface area contributed by atoms with Crippen LogP contribution in [0.5, 0.6) is 0 Å². The summed E-state index contributed by atoms with van der Waals surface area (Å²) in [7, 11) is 0. The summed E-state index contributed by atoms with van der Waals surface area (Å²) in [5.41, 5.74) is 5.51. The highest BCUT2D eigenvalue weighted by molar-refractivity contribution is 8.00. The van der Waals surface area contributed by atoms with E-state index in [4.69, 9.17) is 0 Å². The van der Waals surface area contributed by atoms with Gasteiger partial charge in [0.15, 0.2) is 0 Å². The van der Waals surface area contributed by atoms with Crippen molar-refractivity contribution in [2.24, 2.45) is 0 Å². The van der Waals surface area contributed by atoms with Gasteiger partial charge < -0.3 is 0 Å². The molecule has 1 atom stereocenters. The van der Waals surface area contributed by atoms with Gasteiger partial charge in [0.25, 0.3) is 0 Å². The molecule has 0 radical (unpaired) electrons. The topological polar surface area (TPSA) is 23.8 Å². The van der Waals surface area contributed by atoms with Crippen LogP contribution in [0.2, 0.25) is 0 Å². The van der Waals surface area contributed by atoms with E-state index in [0.717, 1.165) is 0 Å². The molecule has 2 aromatic rings. The predicted octanol–water partition coefficient (Wildman–Crippen LogP) is 3.86. The number of nitrogens with zero attached hydrogens (tertiary/aromatic N) is 1. The minimum atomic E-state index is 0.0554. The van der Waals surface area contributed by atoms with Crippen molar-refractivity contribution in [2.75, 3.05) is 0 Å². The molecule has 2 aromatic carbocycles. The van der Waals surface area contributed by atoms with E-state index in [1.807, 2.05) is 0 Å². The molecular formula is C16H11NS. The van der Waals surface area contributed by atoms with Crippen molar-refractivity contribution >= 4 is 11.8 Å². The minimum absolute atomic E-state index is 0.0554. The second-order valence-electron chi connectivity index (χ2n) is 4.80. The zero-order chi connectivity index (χ0) is 12.1. The van der Waals surface area contributed by atoms with Gasteiger partial charge in [0, 0.05) is 5.92 Å². The van der Waals surface area contributed by atoms with Crippen LogP contribution in [0.25, 0.3) is 0 Å². The largest absolute Gasteiger partial charge is 0.197 e. The van der Waals surface area contributed by atoms with E-state index >= 15 is 0 Å². The van der Waals surface area contributed by atoms with Gasteiger partial charge in [-0.25, -0.2) is 0 Å². The lowest BCUT2D eigenvalue weighted by molar-refractivity contribution is 0.761. The van der Waals surface area contributed by atoms with E-state index in [2.05, 4.69) is 54.6 Å². The van der Waals surface area contributed by atoms with E-state index in [-0.39, 0.29) is 11.2 Å². The van der Waals surface area contributed by atoms with Crippen molar-refractivity contribution in [1.82, 2.24) is 0 Å². The fourth-order valence-electron chi connectivity index (χ4n) is 3.20. The standard InChI is InChI=1S/C16H11NS/c17-9-14-15-10-5-1-3-7-12(10)16(18-14)13-8-4-2-6-11(13)15/h1-8,14-16H. The first kappa shape index (κ1) is 10.2. The van der Waals surface area contributed by atoms with Crippen LogP contribution < -0.4 is 0 Å². The maximum Gasteiger partial charge on any atom is 0.103 e. The van der Waals surface area contributed by atoms with Crippen LogP contribution in [-0.4, -0.2) is 5.25 Å². The summed E-state index contributed by atoms with van der Waals surface area (Å²) in [6.45, 7) is 0. The molecule has 1 nitrogen and oxygen atoms in total. The second-order valence-corrected chi connectivity index (χ2v) is 6.05. The van der Waals surface area contributed by atoms with Crippen LogP contribution in [-0.2, 0) is 0 Å². The van der Waals surface area contributed by atoms with Gasteiger partial charge in [0.2, 0.25) is 0 Å². The molecular weight excluding hydrogens is 238 g/mol. The lowest BCUT2D eigenvalue weighted by Gasteiger charge is -2.42. The molecule has 0 fully saturated rings. The summed E-state index contributed by atoms with van der Waals surface area (Å²) in [5, 5.41) is 9.79. The monoisotopic (exact) mass is 249 g/mol. The van der Waals surface area contributed by atoms with Crippen molar-refractivity contribution in [3.8, 4) is 6.07 Å². The van der Waals surface area contributed by atoms with E-state index in [1.54, 1.807) is 11.8 Å². The number of fused-ring (bicyclic) bond motifs is 1. The number of benzene rings is 2. The summed E-state index contributed by atoms with van der Waals surface area (Å²) in [4.78, 5) is 0. The van der Waals surface area contributed by atoms with Gasteiger partial charge in [0.1, 0.15) is 5.25 Å². The Hall–Kier alpha value is -1.72. The van der Waals surface area contributed by atoms with Crippen LogP contribution in [0.15, 0.2) is 48.5 Å². The van der Waals surface area contributed by atoms with Gasteiger partial charge in [-0.3, -0.25) is 0 Å². The smallest absolute Gasteiger partial charge is 0.103 e.